The molecular formula is C18H18F3N5O3. The first-order chi connectivity index (χ1) is 13.8. The van der Waals surface area contributed by atoms with Crippen molar-refractivity contribution in [1.82, 2.24) is 14.9 Å². The summed E-state index contributed by atoms with van der Waals surface area (Å²) in [6.45, 7) is -1.47. The summed E-state index contributed by atoms with van der Waals surface area (Å²) in [7, 11) is 2.62. The van der Waals surface area contributed by atoms with Crippen molar-refractivity contribution in [2.75, 3.05) is 26.2 Å². The number of nitrogens with two attached hydrogens (primary N) is 1. The third kappa shape index (κ3) is 4.19. The van der Waals surface area contributed by atoms with Crippen molar-refractivity contribution in [3.8, 4) is 17.2 Å². The van der Waals surface area contributed by atoms with Crippen LogP contribution in [0.4, 0.5) is 18.9 Å². The molecule has 1 aromatic heterocycles. The molecule has 0 unspecified atom stereocenters. The normalized spacial score (nSPS) is 11.4. The Morgan fingerprint density at radius 2 is 1.83 bits per heavy atom. The first kappa shape index (κ1) is 20.3. The van der Waals surface area contributed by atoms with Gasteiger partial charge < -0.3 is 20.2 Å². The van der Waals surface area contributed by atoms with E-state index < -0.39 is 18.6 Å². The highest BCUT2D eigenvalue weighted by Crippen LogP contribution is 2.33. The maximum atomic E-state index is 12.4. The second-order valence-corrected chi connectivity index (χ2v) is 5.99. The van der Waals surface area contributed by atoms with Crippen molar-refractivity contribution in [2.45, 2.75) is 6.18 Å². The van der Waals surface area contributed by atoms with Crippen LogP contribution in [0.5, 0.6) is 11.5 Å². The third-order valence-electron chi connectivity index (χ3n) is 4.16. The van der Waals surface area contributed by atoms with Crippen LogP contribution in [-0.4, -0.2) is 42.4 Å². The van der Waals surface area contributed by atoms with Gasteiger partial charge in [-0.1, -0.05) is 0 Å². The number of fused-ring (bicyclic) bond motifs is 1. The Labute approximate surface area is 163 Å². The first-order valence-electron chi connectivity index (χ1n) is 8.32. The Balaban J connectivity index is 2.05. The first-order valence-corrected chi connectivity index (χ1v) is 8.32. The number of carbonyl (C=O) groups is 1. The molecule has 0 aliphatic carbocycles. The number of benzene rings is 2. The summed E-state index contributed by atoms with van der Waals surface area (Å²) in [5, 5.41) is 1.82. The topological polar surface area (TPSA) is 103 Å². The fourth-order valence-corrected chi connectivity index (χ4v) is 2.84. The van der Waals surface area contributed by atoms with Crippen LogP contribution >= 0.6 is 0 Å². The van der Waals surface area contributed by atoms with Crippen LogP contribution in [0.1, 0.15) is 10.4 Å². The molecule has 3 aromatic rings. The van der Waals surface area contributed by atoms with E-state index in [0.717, 1.165) is 5.52 Å². The lowest BCUT2D eigenvalue weighted by atomic mass is 10.1. The number of nitrogens with one attached hydrogen (secondary N) is 2. The van der Waals surface area contributed by atoms with Crippen molar-refractivity contribution < 1.29 is 27.4 Å². The van der Waals surface area contributed by atoms with Crippen LogP contribution in [0.2, 0.25) is 0 Å². The number of imidazole rings is 1. The number of nitrogens with zero attached hydrogens (tertiary/aromatic N) is 2. The lowest BCUT2D eigenvalue weighted by Gasteiger charge is -2.16. The molecule has 0 spiro atoms. The van der Waals surface area contributed by atoms with E-state index in [1.165, 1.54) is 26.4 Å². The van der Waals surface area contributed by atoms with Crippen molar-refractivity contribution in [3.05, 3.63) is 42.2 Å². The van der Waals surface area contributed by atoms with Crippen molar-refractivity contribution in [1.29, 1.82) is 0 Å². The average Bonchev–Trinajstić information content (AvgIpc) is 3.13. The molecule has 0 fully saturated rings. The van der Waals surface area contributed by atoms with Gasteiger partial charge >= 0.3 is 6.18 Å². The second kappa shape index (κ2) is 7.87. The highest BCUT2D eigenvalue weighted by molar-refractivity contribution is 6.00. The summed E-state index contributed by atoms with van der Waals surface area (Å²) in [5.74, 6) is 4.56. The second-order valence-electron chi connectivity index (χ2n) is 5.99. The van der Waals surface area contributed by atoms with Crippen molar-refractivity contribution >= 4 is 22.6 Å². The van der Waals surface area contributed by atoms with Gasteiger partial charge in [-0.25, -0.2) is 4.98 Å². The van der Waals surface area contributed by atoms with Gasteiger partial charge in [-0.15, -0.1) is 0 Å². The minimum Gasteiger partial charge on any atom is -0.496 e. The van der Waals surface area contributed by atoms with Crippen LogP contribution in [0, 0.1) is 0 Å². The van der Waals surface area contributed by atoms with E-state index in [-0.39, 0.29) is 17.1 Å². The molecule has 0 radical (unpaired) electrons. The zero-order chi connectivity index (χ0) is 21.2. The van der Waals surface area contributed by atoms with E-state index in [4.69, 9.17) is 15.3 Å². The number of alkyl halides is 3. The summed E-state index contributed by atoms with van der Waals surface area (Å²) in [4.78, 5) is 16.6. The van der Waals surface area contributed by atoms with Gasteiger partial charge in [0, 0.05) is 12.1 Å². The number of halogens is 3. The number of rotatable bonds is 6. The van der Waals surface area contributed by atoms with Gasteiger partial charge in [0.15, 0.2) is 0 Å². The third-order valence-corrected chi connectivity index (χ3v) is 4.16. The summed E-state index contributed by atoms with van der Waals surface area (Å²) >= 11 is 0. The molecule has 0 atom stereocenters. The molecule has 8 nitrogen and oxygen atoms in total. The Morgan fingerprint density at radius 1 is 1.17 bits per heavy atom. The van der Waals surface area contributed by atoms with Gasteiger partial charge in [-0.2, -0.15) is 13.2 Å². The fourth-order valence-electron chi connectivity index (χ4n) is 2.84. The number of anilines is 1. The SMILES string of the molecule is COc1cc(-n2cnc3cc(NN)ccc32)cc(OC)c1C(=O)NCC(F)(F)F. The summed E-state index contributed by atoms with van der Waals surface area (Å²) in [6.07, 6.45) is -2.98. The molecule has 0 bridgehead atoms. The highest BCUT2D eigenvalue weighted by Gasteiger charge is 2.29. The van der Waals surface area contributed by atoms with Crippen LogP contribution in [0.25, 0.3) is 16.7 Å². The van der Waals surface area contributed by atoms with Gasteiger partial charge in [-0.3, -0.25) is 15.2 Å². The predicted molar refractivity (Wildman–Crippen MR) is 100 cm³/mol. The zero-order valence-corrected chi connectivity index (χ0v) is 15.5. The van der Waals surface area contributed by atoms with E-state index in [1.807, 2.05) is 5.32 Å². The molecule has 154 valence electrons. The largest absolute Gasteiger partial charge is 0.496 e. The van der Waals surface area contributed by atoms with E-state index in [9.17, 15) is 18.0 Å². The molecule has 29 heavy (non-hydrogen) atoms. The Bertz CT molecular complexity index is 1020. The molecular weight excluding hydrogens is 391 g/mol. The summed E-state index contributed by atoms with van der Waals surface area (Å²) in [5.41, 5.74) is 5.01. The molecule has 4 N–H and O–H groups in total. The molecule has 0 saturated carbocycles. The number of hydrazine groups is 1. The molecule has 0 aliphatic heterocycles. The van der Waals surface area contributed by atoms with E-state index in [2.05, 4.69) is 10.4 Å². The average molecular weight is 409 g/mol. The number of hydrogen-bond donors (Lipinski definition) is 3. The number of aromatic nitrogens is 2. The van der Waals surface area contributed by atoms with E-state index >= 15 is 0 Å². The molecule has 1 amide bonds. The molecule has 2 aromatic carbocycles. The van der Waals surface area contributed by atoms with Crippen LogP contribution < -0.4 is 26.1 Å². The number of amides is 1. The Morgan fingerprint density at radius 3 is 2.38 bits per heavy atom. The quantitative estimate of drug-likeness (QED) is 0.427. The minimum absolute atomic E-state index is 0.0566. The highest BCUT2D eigenvalue weighted by atomic mass is 19.4. The van der Waals surface area contributed by atoms with Gasteiger partial charge in [0.1, 0.15) is 29.9 Å². The fraction of sp³-hybridized carbons (Fsp3) is 0.222. The summed E-state index contributed by atoms with van der Waals surface area (Å²) < 4.78 is 49.6. The monoisotopic (exact) mass is 409 g/mol. The maximum Gasteiger partial charge on any atom is 0.405 e. The molecule has 0 saturated heterocycles. The molecule has 0 aliphatic rings. The predicted octanol–water partition coefficient (Wildman–Crippen LogP) is 2.62. The lowest BCUT2D eigenvalue weighted by Crippen LogP contribution is -2.34. The van der Waals surface area contributed by atoms with E-state index in [1.54, 1.807) is 29.1 Å². The Hall–Kier alpha value is -3.47. The maximum absolute atomic E-state index is 12.4. The van der Waals surface area contributed by atoms with Gasteiger partial charge in [-0.05, 0) is 18.2 Å². The van der Waals surface area contributed by atoms with Gasteiger partial charge in [0.25, 0.3) is 5.91 Å². The van der Waals surface area contributed by atoms with Crippen LogP contribution in [-0.2, 0) is 0 Å². The molecule has 11 heteroatoms. The minimum atomic E-state index is -4.54. The number of hydrogen-bond acceptors (Lipinski definition) is 6. The molecule has 3 rings (SSSR count). The van der Waals surface area contributed by atoms with Gasteiger partial charge in [0.05, 0.1) is 36.6 Å². The summed E-state index contributed by atoms with van der Waals surface area (Å²) in [6, 6.07) is 8.33. The van der Waals surface area contributed by atoms with Crippen LogP contribution in [0.15, 0.2) is 36.7 Å². The standard InChI is InChI=1S/C18H18F3N5O3/c1-28-14-6-11(26-9-24-12-5-10(25-22)3-4-13(12)26)7-15(29-2)16(14)17(27)23-8-18(19,20)21/h3-7,9,25H,8,22H2,1-2H3,(H,23,27). The van der Waals surface area contributed by atoms with Gasteiger partial charge in [0.2, 0.25) is 0 Å². The number of methoxy groups -OCH3 is 2. The number of carbonyl (C=O) groups excluding carboxylic acids is 1. The van der Waals surface area contributed by atoms with Crippen molar-refractivity contribution in [2.24, 2.45) is 5.84 Å². The van der Waals surface area contributed by atoms with Crippen LogP contribution in [0.3, 0.4) is 0 Å². The Kier molecular flexibility index (Phi) is 5.50. The number of nitrogen functional groups attached to an aromatic ring is 1. The smallest absolute Gasteiger partial charge is 0.405 e. The zero-order valence-electron chi connectivity index (χ0n) is 15.5. The lowest BCUT2D eigenvalue weighted by molar-refractivity contribution is -0.123. The van der Waals surface area contributed by atoms with E-state index in [0.29, 0.717) is 16.9 Å². The number of ether oxygens (including phenoxy) is 2. The van der Waals surface area contributed by atoms with Crippen molar-refractivity contribution in [3.63, 3.8) is 0 Å². The molecule has 1 heterocycles.